The molecule has 0 bridgehead atoms. The minimum Gasteiger partial charge on any atom is -0.422 e. The number of Topliss-reactive ketones (excluding diaryl/α,β-unsaturated/α-hetero) is 2. The van der Waals surface area contributed by atoms with Crippen molar-refractivity contribution in [3.05, 3.63) is 45.8 Å². The summed E-state index contributed by atoms with van der Waals surface area (Å²) in [4.78, 5) is 80.6. The predicted octanol–water partition coefficient (Wildman–Crippen LogP) is 8.16. The minimum absolute atomic E-state index is 0.0638. The fraction of sp³-hybridized carbons (Fsp3) is 0.605. The molecule has 0 N–H and O–H groups in total. The summed E-state index contributed by atoms with van der Waals surface area (Å²) in [5.41, 5.74) is -0.945. The first-order valence-electron chi connectivity index (χ1n) is 18.4. The highest BCUT2D eigenvalue weighted by Crippen LogP contribution is 2.25. The maximum absolute atomic E-state index is 14.3. The third-order valence-corrected chi connectivity index (χ3v) is 9.77. The summed E-state index contributed by atoms with van der Waals surface area (Å²) in [7, 11) is 0. The second-order valence-electron chi connectivity index (χ2n) is 13.4. The molecule has 2 aliphatic rings. The number of unbranched alkanes of at least 4 members (excludes halogenated alkanes) is 1. The third-order valence-electron chi connectivity index (χ3n) is 9.77. The molecule has 1 aromatic carbocycles. The lowest BCUT2D eigenvalue weighted by Crippen LogP contribution is -2.29. The van der Waals surface area contributed by atoms with Gasteiger partial charge in [-0.25, -0.2) is 14.4 Å². The monoisotopic (exact) mass is 692 g/mol. The van der Waals surface area contributed by atoms with E-state index in [-0.39, 0.29) is 58.2 Å². The molecule has 2 amide bonds. The van der Waals surface area contributed by atoms with Gasteiger partial charge in [0.15, 0.2) is 0 Å². The van der Waals surface area contributed by atoms with Crippen LogP contribution in [0.1, 0.15) is 132 Å². The highest BCUT2D eigenvalue weighted by molar-refractivity contribution is 6.48. The SMILES string of the molecule is CCCCC(CC)C/C(=N\OC(=O)N1CCCC1)C(=O)c1cccc2oc(=O)c(C(=O)/C(CC(CC)CCC)=N/OC(=O)N3CCCC3)cc12. The number of benzene rings is 1. The molecule has 50 heavy (non-hydrogen) atoms. The first-order chi connectivity index (χ1) is 24.2. The first-order valence-corrected chi connectivity index (χ1v) is 18.4. The van der Waals surface area contributed by atoms with Gasteiger partial charge in [-0.05, 0) is 62.5 Å². The molecule has 2 fully saturated rings. The van der Waals surface area contributed by atoms with Gasteiger partial charge in [0, 0.05) is 37.1 Å². The van der Waals surface area contributed by atoms with Crippen LogP contribution in [-0.2, 0) is 9.68 Å². The molecule has 12 heteroatoms. The van der Waals surface area contributed by atoms with Crippen molar-refractivity contribution in [1.29, 1.82) is 0 Å². The van der Waals surface area contributed by atoms with Crippen LogP contribution in [0.5, 0.6) is 0 Å². The molecule has 0 aliphatic carbocycles. The molecule has 4 rings (SSSR count). The summed E-state index contributed by atoms with van der Waals surface area (Å²) in [6.45, 7) is 10.5. The quantitative estimate of drug-likeness (QED) is 0.0530. The van der Waals surface area contributed by atoms with Crippen LogP contribution in [0.4, 0.5) is 9.59 Å². The number of nitrogens with zero attached hydrogens (tertiary/aromatic N) is 4. The molecular formula is C38H52N4O8. The Bertz CT molecular complexity index is 1620. The fourth-order valence-electron chi connectivity index (χ4n) is 6.60. The number of rotatable bonds is 17. The summed E-state index contributed by atoms with van der Waals surface area (Å²) < 4.78 is 5.61. The summed E-state index contributed by atoms with van der Waals surface area (Å²) in [5.74, 6) is -1.02. The Hall–Kier alpha value is -4.35. The van der Waals surface area contributed by atoms with Gasteiger partial charge in [0.1, 0.15) is 22.6 Å². The van der Waals surface area contributed by atoms with Crippen molar-refractivity contribution in [2.24, 2.45) is 22.1 Å². The van der Waals surface area contributed by atoms with Gasteiger partial charge in [0.25, 0.3) is 0 Å². The second-order valence-corrected chi connectivity index (χ2v) is 13.4. The zero-order valence-electron chi connectivity index (χ0n) is 30.0. The van der Waals surface area contributed by atoms with Gasteiger partial charge < -0.3 is 14.2 Å². The molecule has 1 aromatic heterocycles. The van der Waals surface area contributed by atoms with E-state index >= 15 is 0 Å². The standard InChI is InChI=1S/C38H52N4O8/c1-5-9-16-27(8-4)24-31(39-49-37(46)41-19-10-11-20-41)34(43)28-17-14-18-33-29(28)25-30(36(45)48-33)35(44)32(23-26(7-3)15-6-2)40-50-38(47)42-21-12-13-22-42/h14,17-18,25-27H,5-13,15-16,19-24H2,1-4H3/b39-31+,40-32+. The summed E-state index contributed by atoms with van der Waals surface area (Å²) in [6, 6.07) is 6.05. The highest BCUT2D eigenvalue weighted by Gasteiger charge is 2.28. The van der Waals surface area contributed by atoms with Crippen LogP contribution < -0.4 is 5.63 Å². The lowest BCUT2D eigenvalue weighted by atomic mass is 9.89. The smallest absolute Gasteiger partial charge is 0.422 e. The Morgan fingerprint density at radius 3 is 1.76 bits per heavy atom. The van der Waals surface area contributed by atoms with Crippen LogP contribution in [0, 0.1) is 11.8 Å². The van der Waals surface area contributed by atoms with Crippen LogP contribution in [0.3, 0.4) is 0 Å². The van der Waals surface area contributed by atoms with Crippen molar-refractivity contribution in [3.63, 3.8) is 0 Å². The van der Waals surface area contributed by atoms with E-state index < -0.39 is 29.4 Å². The molecule has 2 atom stereocenters. The van der Waals surface area contributed by atoms with Crippen molar-refractivity contribution >= 4 is 46.1 Å². The van der Waals surface area contributed by atoms with E-state index in [1.165, 1.54) is 11.0 Å². The number of likely N-dealkylation sites (tertiary alicyclic amines) is 2. The summed E-state index contributed by atoms with van der Waals surface area (Å²) in [5, 5.41) is 8.38. The number of ketones is 2. The second kappa shape index (κ2) is 19.2. The molecule has 0 saturated carbocycles. The van der Waals surface area contributed by atoms with E-state index in [9.17, 15) is 24.0 Å². The molecule has 0 radical (unpaired) electrons. The zero-order valence-corrected chi connectivity index (χ0v) is 30.0. The van der Waals surface area contributed by atoms with E-state index in [1.807, 2.05) is 20.8 Å². The average molecular weight is 693 g/mol. The average Bonchev–Trinajstić information content (AvgIpc) is 3.87. The van der Waals surface area contributed by atoms with Gasteiger partial charge >= 0.3 is 17.8 Å². The molecule has 0 spiro atoms. The fourth-order valence-corrected chi connectivity index (χ4v) is 6.60. The van der Waals surface area contributed by atoms with Crippen LogP contribution in [0.2, 0.25) is 0 Å². The largest absolute Gasteiger partial charge is 0.435 e. The Morgan fingerprint density at radius 2 is 1.26 bits per heavy atom. The van der Waals surface area contributed by atoms with Gasteiger partial charge in [-0.15, -0.1) is 0 Å². The van der Waals surface area contributed by atoms with E-state index in [0.717, 1.165) is 70.6 Å². The van der Waals surface area contributed by atoms with Crippen LogP contribution in [0.15, 0.2) is 43.8 Å². The Balaban J connectivity index is 1.72. The highest BCUT2D eigenvalue weighted by atomic mass is 16.7. The number of oxime groups is 2. The molecule has 2 aromatic rings. The number of fused-ring (bicyclic) bond motifs is 1. The Labute approximate surface area is 294 Å². The van der Waals surface area contributed by atoms with E-state index in [2.05, 4.69) is 17.2 Å². The summed E-state index contributed by atoms with van der Waals surface area (Å²) in [6.07, 6.45) is 8.85. The number of carbonyl (C=O) groups is 4. The number of amides is 2. The van der Waals surface area contributed by atoms with Gasteiger partial charge in [-0.3, -0.25) is 19.3 Å². The van der Waals surface area contributed by atoms with Gasteiger partial charge in [0.2, 0.25) is 11.6 Å². The number of carbonyl (C=O) groups excluding carboxylic acids is 4. The molecule has 3 heterocycles. The van der Waals surface area contributed by atoms with Crippen LogP contribution in [0.25, 0.3) is 11.0 Å². The first kappa shape index (κ1) is 38.5. The van der Waals surface area contributed by atoms with Gasteiger partial charge in [-0.2, -0.15) is 0 Å². The van der Waals surface area contributed by atoms with Crippen LogP contribution >= 0.6 is 0 Å². The van der Waals surface area contributed by atoms with E-state index in [4.69, 9.17) is 14.1 Å². The van der Waals surface area contributed by atoms with Gasteiger partial charge in [-0.1, -0.05) is 95.1 Å². The topological polar surface area (TPSA) is 148 Å². The third kappa shape index (κ3) is 10.1. The molecular weight excluding hydrogens is 640 g/mol. The maximum Gasteiger partial charge on any atom is 0.435 e. The van der Waals surface area contributed by atoms with Crippen molar-refractivity contribution in [3.8, 4) is 0 Å². The summed E-state index contributed by atoms with van der Waals surface area (Å²) >= 11 is 0. The van der Waals surface area contributed by atoms with Crippen molar-refractivity contribution in [2.45, 2.75) is 111 Å². The Morgan fingerprint density at radius 1 is 0.740 bits per heavy atom. The van der Waals surface area contributed by atoms with Crippen molar-refractivity contribution in [2.75, 3.05) is 26.2 Å². The Kier molecular flexibility index (Phi) is 14.7. The van der Waals surface area contributed by atoms with Crippen molar-refractivity contribution in [1.82, 2.24) is 9.80 Å². The number of hydrogen-bond donors (Lipinski definition) is 0. The molecule has 272 valence electrons. The molecule has 2 aliphatic heterocycles. The zero-order chi connectivity index (χ0) is 36.0. The lowest BCUT2D eigenvalue weighted by molar-refractivity contribution is 0.101. The van der Waals surface area contributed by atoms with E-state index in [1.54, 1.807) is 23.1 Å². The number of hydrogen-bond acceptors (Lipinski definition) is 10. The molecule has 2 saturated heterocycles. The van der Waals surface area contributed by atoms with E-state index in [0.29, 0.717) is 26.2 Å². The predicted molar refractivity (Wildman–Crippen MR) is 192 cm³/mol. The molecule has 2 unspecified atom stereocenters. The normalized spacial score (nSPS) is 16.5. The minimum atomic E-state index is -0.895. The lowest BCUT2D eigenvalue weighted by Gasteiger charge is -2.17. The van der Waals surface area contributed by atoms with Crippen LogP contribution in [-0.4, -0.2) is 71.2 Å². The maximum atomic E-state index is 14.3. The van der Waals surface area contributed by atoms with Crippen molar-refractivity contribution < 1.29 is 33.3 Å². The van der Waals surface area contributed by atoms with Gasteiger partial charge in [0.05, 0.1) is 0 Å². The molecule has 12 nitrogen and oxygen atoms in total.